The van der Waals surface area contributed by atoms with Crippen LogP contribution in [0.2, 0.25) is 0 Å². The normalized spacial score (nSPS) is 8.43. The van der Waals surface area contributed by atoms with Crippen molar-refractivity contribution in [1.29, 1.82) is 0 Å². The van der Waals surface area contributed by atoms with E-state index in [2.05, 4.69) is 38.1 Å². The van der Waals surface area contributed by atoms with E-state index in [1.807, 2.05) is 86.6 Å². The van der Waals surface area contributed by atoms with Crippen LogP contribution in [-0.4, -0.2) is 34.6 Å². The standard InChI is InChI=1S/2C7H8.C6H6.C3H8O3.C2H6/c2*1-7-5-3-2-4-6-7;1-2-4-6-5-3-1;4-1-3(6)2-5;1-2/h2*2-6H,1H3;1-6H;3-6H,1-2H2;1-2H3. The highest BCUT2D eigenvalue weighted by molar-refractivity contribution is 5.12. The van der Waals surface area contributed by atoms with E-state index in [-0.39, 0.29) is 13.2 Å². The fourth-order valence-electron chi connectivity index (χ4n) is 1.51. The van der Waals surface area contributed by atoms with E-state index < -0.39 is 6.10 Å². The van der Waals surface area contributed by atoms with Crippen LogP contribution in [0.1, 0.15) is 25.0 Å². The van der Waals surface area contributed by atoms with Crippen LogP contribution in [0.4, 0.5) is 0 Å². The number of hydrogen-bond acceptors (Lipinski definition) is 3. The van der Waals surface area contributed by atoms with E-state index in [0.29, 0.717) is 0 Å². The highest BCUT2D eigenvalue weighted by Crippen LogP contribution is 1.92. The second-order valence-corrected chi connectivity index (χ2v) is 5.48. The van der Waals surface area contributed by atoms with Crippen LogP contribution in [0.3, 0.4) is 0 Å². The molecule has 0 aliphatic heterocycles. The minimum Gasteiger partial charge on any atom is -0.394 e. The van der Waals surface area contributed by atoms with E-state index in [9.17, 15) is 0 Å². The summed E-state index contributed by atoms with van der Waals surface area (Å²) in [5.74, 6) is 0. The summed E-state index contributed by atoms with van der Waals surface area (Å²) in [5.41, 5.74) is 2.64. The zero-order valence-electron chi connectivity index (χ0n) is 17.6. The molecule has 0 radical (unpaired) electrons. The molecule has 0 fully saturated rings. The molecule has 3 N–H and O–H groups in total. The predicted octanol–water partition coefficient (Wildman–Crippen LogP) is 5.03. The Labute approximate surface area is 171 Å². The first-order chi connectivity index (χ1) is 13.6. The smallest absolute Gasteiger partial charge is 0.100 e. The van der Waals surface area contributed by atoms with Crippen LogP contribution in [0.15, 0.2) is 97.1 Å². The molecule has 3 aromatic carbocycles. The zero-order chi connectivity index (χ0) is 21.5. The molecule has 0 aliphatic carbocycles. The van der Waals surface area contributed by atoms with Crippen LogP contribution in [0, 0.1) is 13.8 Å². The third-order valence-electron chi connectivity index (χ3n) is 2.97. The maximum Gasteiger partial charge on any atom is 0.100 e. The van der Waals surface area contributed by atoms with Gasteiger partial charge in [-0.25, -0.2) is 0 Å². The van der Waals surface area contributed by atoms with Gasteiger partial charge in [-0.1, -0.05) is 122 Å². The van der Waals surface area contributed by atoms with Crippen molar-refractivity contribution in [2.24, 2.45) is 0 Å². The van der Waals surface area contributed by atoms with Gasteiger partial charge in [-0.15, -0.1) is 0 Å². The van der Waals surface area contributed by atoms with E-state index in [1.165, 1.54) is 11.1 Å². The van der Waals surface area contributed by atoms with Gasteiger partial charge in [-0.2, -0.15) is 0 Å². The van der Waals surface area contributed by atoms with Gasteiger partial charge in [-0.05, 0) is 13.8 Å². The second kappa shape index (κ2) is 22.6. The third kappa shape index (κ3) is 21.6. The predicted molar refractivity (Wildman–Crippen MR) is 120 cm³/mol. The molecule has 3 heteroatoms. The van der Waals surface area contributed by atoms with Crippen LogP contribution < -0.4 is 0 Å². The van der Waals surface area contributed by atoms with Crippen LogP contribution in [0.25, 0.3) is 0 Å². The first-order valence-electron chi connectivity index (χ1n) is 9.53. The Balaban J connectivity index is 0. The summed E-state index contributed by atoms with van der Waals surface area (Å²) in [5, 5.41) is 24.0. The molecule has 0 heterocycles. The van der Waals surface area contributed by atoms with Gasteiger partial charge in [-0.3, -0.25) is 0 Å². The van der Waals surface area contributed by atoms with Gasteiger partial charge in [0, 0.05) is 0 Å². The minimum atomic E-state index is -0.954. The molecule has 0 amide bonds. The molecular formula is C25H36O3. The second-order valence-electron chi connectivity index (χ2n) is 5.48. The summed E-state index contributed by atoms with van der Waals surface area (Å²) in [6.07, 6.45) is -0.954. The first-order valence-corrected chi connectivity index (χ1v) is 9.53. The highest BCUT2D eigenvalue weighted by Gasteiger charge is 1.93. The van der Waals surface area contributed by atoms with E-state index in [4.69, 9.17) is 15.3 Å². The summed E-state index contributed by atoms with van der Waals surface area (Å²) in [4.78, 5) is 0. The summed E-state index contributed by atoms with van der Waals surface area (Å²) in [7, 11) is 0. The van der Waals surface area contributed by atoms with Crippen molar-refractivity contribution in [2.75, 3.05) is 13.2 Å². The topological polar surface area (TPSA) is 60.7 Å². The Bertz CT molecular complexity index is 545. The SMILES string of the molecule is CC.Cc1ccccc1.Cc1ccccc1.OCC(O)CO.c1ccccc1. The largest absolute Gasteiger partial charge is 0.394 e. The lowest BCUT2D eigenvalue weighted by molar-refractivity contribution is 0.0450. The Morgan fingerprint density at radius 2 is 0.750 bits per heavy atom. The van der Waals surface area contributed by atoms with Crippen molar-refractivity contribution in [3.63, 3.8) is 0 Å². The molecule has 0 saturated carbocycles. The van der Waals surface area contributed by atoms with Gasteiger partial charge in [0.15, 0.2) is 0 Å². The van der Waals surface area contributed by atoms with E-state index in [1.54, 1.807) is 0 Å². The third-order valence-corrected chi connectivity index (χ3v) is 2.97. The lowest BCUT2D eigenvalue weighted by Crippen LogP contribution is -2.15. The summed E-state index contributed by atoms with van der Waals surface area (Å²) < 4.78 is 0. The summed E-state index contributed by atoms with van der Waals surface area (Å²) >= 11 is 0. The molecule has 0 aliphatic rings. The minimum absolute atomic E-state index is 0.365. The van der Waals surface area contributed by atoms with Gasteiger partial charge in [0.25, 0.3) is 0 Å². The van der Waals surface area contributed by atoms with Crippen LogP contribution >= 0.6 is 0 Å². The van der Waals surface area contributed by atoms with Gasteiger partial charge >= 0.3 is 0 Å². The lowest BCUT2D eigenvalue weighted by Gasteiger charge is -1.96. The molecule has 28 heavy (non-hydrogen) atoms. The molecule has 0 atom stereocenters. The molecule has 0 saturated heterocycles. The highest BCUT2D eigenvalue weighted by atomic mass is 16.3. The Morgan fingerprint density at radius 3 is 0.857 bits per heavy atom. The molecule has 154 valence electrons. The summed E-state index contributed by atoms with van der Waals surface area (Å²) in [6.45, 7) is 7.44. The molecule has 3 aromatic rings. The number of rotatable bonds is 2. The van der Waals surface area contributed by atoms with E-state index in [0.717, 1.165) is 0 Å². The van der Waals surface area contributed by atoms with Crippen molar-refractivity contribution in [3.05, 3.63) is 108 Å². The van der Waals surface area contributed by atoms with Gasteiger partial charge in [0.1, 0.15) is 6.10 Å². The monoisotopic (exact) mass is 384 g/mol. The van der Waals surface area contributed by atoms with Crippen molar-refractivity contribution < 1.29 is 15.3 Å². The quantitative estimate of drug-likeness (QED) is 0.580. The molecule has 0 unspecified atom stereocenters. The first kappa shape index (κ1) is 27.8. The van der Waals surface area contributed by atoms with Crippen molar-refractivity contribution in [2.45, 2.75) is 33.8 Å². The number of aliphatic hydroxyl groups excluding tert-OH is 3. The molecule has 0 bridgehead atoms. The van der Waals surface area contributed by atoms with Crippen molar-refractivity contribution in [3.8, 4) is 0 Å². The van der Waals surface area contributed by atoms with Gasteiger partial charge in [0.05, 0.1) is 13.2 Å². The maximum atomic E-state index is 8.17. The number of aryl methyl sites for hydroxylation is 2. The zero-order valence-corrected chi connectivity index (χ0v) is 17.6. The number of hydrogen-bond donors (Lipinski definition) is 3. The molecular weight excluding hydrogens is 348 g/mol. The van der Waals surface area contributed by atoms with Crippen molar-refractivity contribution >= 4 is 0 Å². The molecule has 0 spiro atoms. The number of benzene rings is 3. The Kier molecular flexibility index (Phi) is 22.4. The van der Waals surface area contributed by atoms with Crippen molar-refractivity contribution in [1.82, 2.24) is 0 Å². The molecule has 3 nitrogen and oxygen atoms in total. The average molecular weight is 385 g/mol. The summed E-state index contributed by atoms with van der Waals surface area (Å²) in [6, 6.07) is 32.5. The fraction of sp³-hybridized carbons (Fsp3) is 0.280. The fourth-order valence-corrected chi connectivity index (χ4v) is 1.51. The lowest BCUT2D eigenvalue weighted by atomic mass is 10.2. The van der Waals surface area contributed by atoms with E-state index >= 15 is 0 Å². The van der Waals surface area contributed by atoms with Gasteiger partial charge < -0.3 is 15.3 Å². The molecule has 0 aromatic heterocycles. The van der Waals surface area contributed by atoms with Crippen LogP contribution in [-0.2, 0) is 0 Å². The Hall–Kier alpha value is -2.46. The number of aliphatic hydroxyl groups is 3. The van der Waals surface area contributed by atoms with Crippen LogP contribution in [0.5, 0.6) is 0 Å². The van der Waals surface area contributed by atoms with Gasteiger partial charge in [0.2, 0.25) is 0 Å². The average Bonchev–Trinajstić information content (AvgIpc) is 2.78. The maximum absolute atomic E-state index is 8.17. The Morgan fingerprint density at radius 1 is 0.536 bits per heavy atom. The molecule has 3 rings (SSSR count).